The Kier molecular flexibility index (Phi) is 5.77. The van der Waals surface area contributed by atoms with Crippen LogP contribution in [0.2, 0.25) is 0 Å². The minimum Gasteiger partial charge on any atom is -0.465 e. The lowest BCUT2D eigenvalue weighted by atomic mass is 10.1. The molecule has 0 fully saturated rings. The molecule has 0 unspecified atom stereocenters. The third-order valence-corrected chi connectivity index (χ3v) is 3.09. The Hall–Kier alpha value is -3.50. The van der Waals surface area contributed by atoms with Crippen molar-refractivity contribution in [1.82, 2.24) is 0 Å². The molecular formula is C20H14O4. The van der Waals surface area contributed by atoms with E-state index in [2.05, 4.69) is 33.2 Å². The van der Waals surface area contributed by atoms with Gasteiger partial charge in [-0.15, -0.1) is 0 Å². The molecule has 4 heteroatoms. The van der Waals surface area contributed by atoms with Gasteiger partial charge in [-0.3, -0.25) is 0 Å². The Morgan fingerprint density at radius 1 is 0.667 bits per heavy atom. The molecule has 0 saturated carbocycles. The Balaban J connectivity index is 2.04. The predicted octanol–water partition coefficient (Wildman–Crippen LogP) is 2.66. The molecule has 0 saturated heterocycles. The zero-order chi connectivity index (χ0) is 17.4. The lowest BCUT2D eigenvalue weighted by molar-refractivity contribution is 0.0592. The standard InChI is InChI=1S/C20H14O4/c1-23-19(21)17-11-7-15(8-12-17)5-3-4-6-16-9-13-18(14-10-16)20(22)24-2/h7-14H,1-2H3. The first-order chi connectivity index (χ1) is 11.6. The molecule has 0 N–H and O–H groups in total. The number of carbonyl (C=O) groups is 2. The van der Waals surface area contributed by atoms with Crippen LogP contribution in [0.3, 0.4) is 0 Å². The molecule has 2 aromatic rings. The first-order valence-corrected chi connectivity index (χ1v) is 7.03. The predicted molar refractivity (Wildman–Crippen MR) is 89.3 cm³/mol. The van der Waals surface area contributed by atoms with Gasteiger partial charge in [0, 0.05) is 11.1 Å². The van der Waals surface area contributed by atoms with E-state index in [0.717, 1.165) is 11.1 Å². The van der Waals surface area contributed by atoms with E-state index >= 15 is 0 Å². The summed E-state index contributed by atoms with van der Waals surface area (Å²) in [4.78, 5) is 22.6. The maximum absolute atomic E-state index is 11.3. The van der Waals surface area contributed by atoms with Crippen LogP contribution in [0.4, 0.5) is 0 Å². The molecule has 0 amide bonds. The largest absolute Gasteiger partial charge is 0.465 e. The smallest absolute Gasteiger partial charge is 0.337 e. The van der Waals surface area contributed by atoms with E-state index in [-0.39, 0.29) is 11.9 Å². The highest BCUT2D eigenvalue weighted by Crippen LogP contribution is 2.05. The summed E-state index contributed by atoms with van der Waals surface area (Å²) in [5.41, 5.74) is 2.44. The molecular weight excluding hydrogens is 304 g/mol. The van der Waals surface area contributed by atoms with E-state index in [4.69, 9.17) is 0 Å². The number of benzene rings is 2. The van der Waals surface area contributed by atoms with Crippen LogP contribution in [0.5, 0.6) is 0 Å². The molecule has 0 aliphatic heterocycles. The minimum absolute atomic E-state index is 0.385. The molecule has 2 aromatic carbocycles. The van der Waals surface area contributed by atoms with E-state index in [1.165, 1.54) is 14.2 Å². The summed E-state index contributed by atoms with van der Waals surface area (Å²) >= 11 is 0. The number of hydrogen-bond acceptors (Lipinski definition) is 4. The Labute approximate surface area is 140 Å². The third-order valence-electron chi connectivity index (χ3n) is 3.09. The van der Waals surface area contributed by atoms with E-state index in [1.807, 2.05) is 0 Å². The summed E-state index contributed by atoms with van der Waals surface area (Å²) in [6.45, 7) is 0. The second-order valence-electron chi connectivity index (χ2n) is 4.64. The van der Waals surface area contributed by atoms with Crippen LogP contribution in [-0.2, 0) is 9.47 Å². The second-order valence-corrected chi connectivity index (χ2v) is 4.64. The Morgan fingerprint density at radius 2 is 1.00 bits per heavy atom. The maximum atomic E-state index is 11.3. The summed E-state index contributed by atoms with van der Waals surface area (Å²) in [6, 6.07) is 13.5. The molecule has 0 aliphatic carbocycles. The average Bonchev–Trinajstić information content (AvgIpc) is 2.65. The van der Waals surface area contributed by atoms with Crippen molar-refractivity contribution in [1.29, 1.82) is 0 Å². The topological polar surface area (TPSA) is 52.6 Å². The molecule has 0 bridgehead atoms. The Morgan fingerprint density at radius 3 is 1.29 bits per heavy atom. The lowest BCUT2D eigenvalue weighted by Gasteiger charge is -1.97. The number of carbonyl (C=O) groups excluding carboxylic acids is 2. The van der Waals surface area contributed by atoms with E-state index in [1.54, 1.807) is 48.5 Å². The normalized spacial score (nSPS) is 8.92. The van der Waals surface area contributed by atoms with Crippen LogP contribution in [0.1, 0.15) is 31.8 Å². The van der Waals surface area contributed by atoms with Crippen molar-refractivity contribution in [3.8, 4) is 23.7 Å². The molecule has 4 nitrogen and oxygen atoms in total. The molecule has 0 heterocycles. The van der Waals surface area contributed by atoms with Crippen molar-refractivity contribution in [3.05, 3.63) is 70.8 Å². The monoisotopic (exact) mass is 318 g/mol. The van der Waals surface area contributed by atoms with Gasteiger partial charge in [-0.1, -0.05) is 11.8 Å². The van der Waals surface area contributed by atoms with Gasteiger partial charge in [-0.05, 0) is 60.4 Å². The lowest BCUT2D eigenvalue weighted by Crippen LogP contribution is -2.00. The maximum Gasteiger partial charge on any atom is 0.337 e. The average molecular weight is 318 g/mol. The SMILES string of the molecule is COC(=O)c1ccc(C#CC#Cc2ccc(C(=O)OC)cc2)cc1. The first-order valence-electron chi connectivity index (χ1n) is 7.03. The molecule has 118 valence electrons. The molecule has 24 heavy (non-hydrogen) atoms. The number of esters is 2. The van der Waals surface area contributed by atoms with Crippen molar-refractivity contribution in [2.45, 2.75) is 0 Å². The zero-order valence-electron chi connectivity index (χ0n) is 13.3. The summed E-state index contributed by atoms with van der Waals surface area (Å²) in [5.74, 6) is 10.5. The van der Waals surface area contributed by atoms with Gasteiger partial charge in [0.25, 0.3) is 0 Å². The van der Waals surface area contributed by atoms with Gasteiger partial charge in [-0.25, -0.2) is 9.59 Å². The fourth-order valence-electron chi connectivity index (χ4n) is 1.82. The number of methoxy groups -OCH3 is 2. The first kappa shape index (κ1) is 16.9. The van der Waals surface area contributed by atoms with E-state index < -0.39 is 0 Å². The van der Waals surface area contributed by atoms with Crippen molar-refractivity contribution < 1.29 is 19.1 Å². The van der Waals surface area contributed by atoms with Crippen molar-refractivity contribution in [2.24, 2.45) is 0 Å². The van der Waals surface area contributed by atoms with Gasteiger partial charge in [0.05, 0.1) is 25.3 Å². The van der Waals surface area contributed by atoms with Gasteiger partial charge in [-0.2, -0.15) is 0 Å². The van der Waals surface area contributed by atoms with Crippen LogP contribution in [0.15, 0.2) is 48.5 Å². The molecule has 0 atom stereocenters. The molecule has 0 spiro atoms. The molecule has 2 rings (SSSR count). The van der Waals surface area contributed by atoms with Crippen molar-refractivity contribution in [2.75, 3.05) is 14.2 Å². The number of hydrogen-bond donors (Lipinski definition) is 0. The van der Waals surface area contributed by atoms with Gasteiger partial charge in [0.1, 0.15) is 0 Å². The van der Waals surface area contributed by atoms with Gasteiger partial charge < -0.3 is 9.47 Å². The van der Waals surface area contributed by atoms with Gasteiger partial charge >= 0.3 is 11.9 Å². The molecule has 0 radical (unpaired) electrons. The summed E-state index contributed by atoms with van der Waals surface area (Å²) < 4.78 is 9.26. The highest BCUT2D eigenvalue weighted by atomic mass is 16.5. The fraction of sp³-hybridized carbons (Fsp3) is 0.100. The van der Waals surface area contributed by atoms with E-state index in [0.29, 0.717) is 11.1 Å². The van der Waals surface area contributed by atoms with Gasteiger partial charge in [0.15, 0.2) is 0 Å². The third kappa shape index (κ3) is 4.50. The number of rotatable bonds is 2. The number of ether oxygens (including phenoxy) is 2. The zero-order valence-corrected chi connectivity index (χ0v) is 13.3. The second kappa shape index (κ2) is 8.22. The van der Waals surface area contributed by atoms with Crippen LogP contribution in [0.25, 0.3) is 0 Å². The van der Waals surface area contributed by atoms with Crippen molar-refractivity contribution in [3.63, 3.8) is 0 Å². The molecule has 0 aromatic heterocycles. The summed E-state index contributed by atoms with van der Waals surface area (Å²) in [7, 11) is 2.67. The van der Waals surface area contributed by atoms with Crippen LogP contribution in [-0.4, -0.2) is 26.2 Å². The highest BCUT2D eigenvalue weighted by molar-refractivity contribution is 5.89. The fourth-order valence-corrected chi connectivity index (χ4v) is 1.82. The molecule has 0 aliphatic rings. The highest BCUT2D eigenvalue weighted by Gasteiger charge is 2.03. The Bertz CT molecular complexity index is 779. The van der Waals surface area contributed by atoms with E-state index in [9.17, 15) is 9.59 Å². The van der Waals surface area contributed by atoms with Gasteiger partial charge in [0.2, 0.25) is 0 Å². The minimum atomic E-state index is -0.385. The van der Waals surface area contributed by atoms with Crippen molar-refractivity contribution >= 4 is 11.9 Å². The summed E-state index contributed by atoms with van der Waals surface area (Å²) in [5, 5.41) is 0. The quantitative estimate of drug-likeness (QED) is 0.631. The summed E-state index contributed by atoms with van der Waals surface area (Å²) in [6.07, 6.45) is 0. The van der Waals surface area contributed by atoms with Crippen LogP contribution < -0.4 is 0 Å². The van der Waals surface area contributed by atoms with Crippen LogP contribution >= 0.6 is 0 Å². The van der Waals surface area contributed by atoms with Crippen LogP contribution in [0, 0.1) is 23.7 Å².